The third-order valence-corrected chi connectivity index (χ3v) is 2.51. The van der Waals surface area contributed by atoms with E-state index in [0.717, 1.165) is 6.07 Å². The van der Waals surface area contributed by atoms with Gasteiger partial charge in [0, 0.05) is 18.7 Å². The number of aldehydes is 1. The van der Waals surface area contributed by atoms with Gasteiger partial charge in [0.25, 0.3) is 0 Å². The van der Waals surface area contributed by atoms with E-state index in [2.05, 4.69) is 10.6 Å². The first-order valence-electron chi connectivity index (χ1n) is 5.41. The Labute approximate surface area is 103 Å². The Morgan fingerprint density at radius 2 is 1.78 bits per heavy atom. The first-order valence-corrected chi connectivity index (χ1v) is 5.41. The summed E-state index contributed by atoms with van der Waals surface area (Å²) in [7, 11) is 3.17. The van der Waals surface area contributed by atoms with Crippen molar-refractivity contribution < 1.29 is 18.0 Å². The number of nitrogens with one attached hydrogen (secondary N) is 2. The van der Waals surface area contributed by atoms with Crippen molar-refractivity contribution in [2.45, 2.75) is 19.3 Å². The zero-order chi connectivity index (χ0) is 13.8. The molecule has 0 aliphatic carbocycles. The van der Waals surface area contributed by atoms with Crippen molar-refractivity contribution in [3.8, 4) is 0 Å². The van der Waals surface area contributed by atoms with Gasteiger partial charge in [-0.1, -0.05) is 0 Å². The van der Waals surface area contributed by atoms with Crippen molar-refractivity contribution in [1.29, 1.82) is 0 Å². The highest BCUT2D eigenvalue weighted by Gasteiger charge is 2.34. The molecule has 0 saturated heterocycles. The minimum absolute atomic E-state index is 0.00273. The fraction of sp³-hybridized carbons (Fsp3) is 0.417. The summed E-state index contributed by atoms with van der Waals surface area (Å²) in [5.74, 6) is 0. The lowest BCUT2D eigenvalue weighted by Gasteiger charge is -2.16. The topological polar surface area (TPSA) is 41.1 Å². The van der Waals surface area contributed by atoms with E-state index >= 15 is 0 Å². The smallest absolute Gasteiger partial charge is 0.316 e. The highest BCUT2D eigenvalue weighted by molar-refractivity contribution is 5.78. The van der Waals surface area contributed by atoms with Crippen LogP contribution in [-0.2, 0) is 19.3 Å². The van der Waals surface area contributed by atoms with Gasteiger partial charge in [-0.25, -0.2) is 0 Å². The van der Waals surface area contributed by atoms with Crippen molar-refractivity contribution in [1.82, 2.24) is 10.6 Å². The number of hydrogen-bond acceptors (Lipinski definition) is 3. The van der Waals surface area contributed by atoms with Crippen molar-refractivity contribution in [3.63, 3.8) is 0 Å². The molecular formula is C12H15F3N2O. The molecule has 0 amide bonds. The summed E-state index contributed by atoms with van der Waals surface area (Å²) < 4.78 is 38.8. The number of carbonyl (C=O) groups is 1. The number of alkyl halides is 3. The van der Waals surface area contributed by atoms with E-state index in [1.807, 2.05) is 0 Å². The lowest BCUT2D eigenvalue weighted by Crippen LogP contribution is -2.18. The Morgan fingerprint density at radius 1 is 1.17 bits per heavy atom. The Balaban J connectivity index is 3.41. The van der Waals surface area contributed by atoms with Crippen LogP contribution in [0.4, 0.5) is 13.2 Å². The zero-order valence-electron chi connectivity index (χ0n) is 10.2. The molecule has 0 aliphatic heterocycles. The summed E-state index contributed by atoms with van der Waals surface area (Å²) in [5.41, 5.74) is -0.261. The summed E-state index contributed by atoms with van der Waals surface area (Å²) in [6.07, 6.45) is -4.01. The number of hydrogen-bond donors (Lipinski definition) is 2. The SMILES string of the molecule is CNCc1cc(C=O)c(CNC)c(C(F)(F)F)c1. The second-order valence-corrected chi connectivity index (χ2v) is 3.89. The van der Waals surface area contributed by atoms with Crippen LogP contribution in [0.1, 0.15) is 27.0 Å². The molecule has 18 heavy (non-hydrogen) atoms. The van der Waals surface area contributed by atoms with Crippen LogP contribution in [0.2, 0.25) is 0 Å². The standard InChI is InChI=1S/C12H15F3N2O/c1-16-5-8-3-9(7-18)10(6-17-2)11(4-8)12(13,14)15/h3-4,7,16-17H,5-6H2,1-2H3. The normalized spacial score (nSPS) is 11.6. The number of carbonyl (C=O) groups excluding carboxylic acids is 1. The van der Waals surface area contributed by atoms with Gasteiger partial charge in [-0.3, -0.25) is 4.79 Å². The average molecular weight is 260 g/mol. The summed E-state index contributed by atoms with van der Waals surface area (Å²) in [5, 5.41) is 5.41. The maximum absolute atomic E-state index is 12.9. The van der Waals surface area contributed by atoms with Crippen LogP contribution >= 0.6 is 0 Å². The highest BCUT2D eigenvalue weighted by Crippen LogP contribution is 2.34. The largest absolute Gasteiger partial charge is 0.416 e. The van der Waals surface area contributed by atoms with Gasteiger partial charge in [0.1, 0.15) is 6.29 Å². The maximum Gasteiger partial charge on any atom is 0.416 e. The van der Waals surface area contributed by atoms with Gasteiger partial charge >= 0.3 is 6.18 Å². The Bertz CT molecular complexity index is 430. The molecule has 6 heteroatoms. The molecule has 0 radical (unpaired) electrons. The quantitative estimate of drug-likeness (QED) is 0.795. The zero-order valence-corrected chi connectivity index (χ0v) is 10.2. The summed E-state index contributed by atoms with van der Waals surface area (Å²) in [6.45, 7) is 0.284. The third-order valence-electron chi connectivity index (χ3n) is 2.51. The second-order valence-electron chi connectivity index (χ2n) is 3.89. The Morgan fingerprint density at radius 3 is 2.22 bits per heavy atom. The van der Waals surface area contributed by atoms with Crippen LogP contribution in [0.15, 0.2) is 12.1 Å². The van der Waals surface area contributed by atoms with E-state index in [4.69, 9.17) is 0 Å². The van der Waals surface area contributed by atoms with Gasteiger partial charge < -0.3 is 10.6 Å². The molecule has 1 aromatic carbocycles. The first kappa shape index (κ1) is 14.7. The van der Waals surface area contributed by atoms with Gasteiger partial charge in [0.05, 0.1) is 5.56 Å². The maximum atomic E-state index is 12.9. The van der Waals surface area contributed by atoms with Crippen molar-refractivity contribution in [2.75, 3.05) is 14.1 Å². The molecule has 0 bridgehead atoms. The summed E-state index contributed by atoms with van der Waals surface area (Å²) in [6, 6.07) is 2.56. The molecule has 0 unspecified atom stereocenters. The van der Waals surface area contributed by atoms with E-state index in [-0.39, 0.29) is 24.2 Å². The molecule has 0 saturated carbocycles. The molecule has 3 nitrogen and oxygen atoms in total. The van der Waals surface area contributed by atoms with E-state index in [0.29, 0.717) is 11.8 Å². The summed E-state index contributed by atoms with van der Waals surface area (Å²) in [4.78, 5) is 10.9. The molecule has 2 N–H and O–H groups in total. The van der Waals surface area contributed by atoms with Crippen molar-refractivity contribution in [2.24, 2.45) is 0 Å². The molecule has 0 aliphatic rings. The van der Waals surface area contributed by atoms with Crippen molar-refractivity contribution >= 4 is 6.29 Å². The average Bonchev–Trinajstić information content (AvgIpc) is 2.29. The van der Waals surface area contributed by atoms with Gasteiger partial charge in [0.2, 0.25) is 0 Å². The molecule has 1 aromatic rings. The monoisotopic (exact) mass is 260 g/mol. The Kier molecular flexibility index (Phi) is 4.86. The van der Waals surface area contributed by atoms with Crippen LogP contribution in [0, 0.1) is 0 Å². The van der Waals surface area contributed by atoms with E-state index in [1.165, 1.54) is 13.1 Å². The number of rotatable bonds is 5. The molecule has 1 rings (SSSR count). The molecule has 0 heterocycles. The predicted molar refractivity (Wildman–Crippen MR) is 62.4 cm³/mol. The van der Waals surface area contributed by atoms with E-state index < -0.39 is 11.7 Å². The van der Waals surface area contributed by atoms with Crippen LogP contribution in [-0.4, -0.2) is 20.4 Å². The van der Waals surface area contributed by atoms with Gasteiger partial charge in [-0.2, -0.15) is 13.2 Å². The minimum Gasteiger partial charge on any atom is -0.316 e. The van der Waals surface area contributed by atoms with Crippen LogP contribution < -0.4 is 10.6 Å². The predicted octanol–water partition coefficient (Wildman–Crippen LogP) is 1.96. The summed E-state index contributed by atoms with van der Waals surface area (Å²) >= 11 is 0. The van der Waals surface area contributed by atoms with Crippen molar-refractivity contribution in [3.05, 3.63) is 34.4 Å². The number of benzene rings is 1. The van der Waals surface area contributed by atoms with Crippen LogP contribution in [0.5, 0.6) is 0 Å². The fourth-order valence-electron chi connectivity index (χ4n) is 1.79. The molecule has 0 spiro atoms. The van der Waals surface area contributed by atoms with Gasteiger partial charge in [-0.05, 0) is 37.4 Å². The highest BCUT2D eigenvalue weighted by atomic mass is 19.4. The third kappa shape index (κ3) is 3.30. The van der Waals surface area contributed by atoms with E-state index in [1.54, 1.807) is 7.05 Å². The molecule has 100 valence electrons. The lowest BCUT2D eigenvalue weighted by molar-refractivity contribution is -0.138. The fourth-order valence-corrected chi connectivity index (χ4v) is 1.79. The molecular weight excluding hydrogens is 245 g/mol. The van der Waals surface area contributed by atoms with E-state index in [9.17, 15) is 18.0 Å². The molecule has 0 aromatic heterocycles. The molecule has 0 atom stereocenters. The second kappa shape index (κ2) is 5.97. The first-order chi connectivity index (χ1) is 8.43. The number of halogens is 3. The lowest BCUT2D eigenvalue weighted by atomic mass is 9.97. The van der Waals surface area contributed by atoms with Crippen LogP contribution in [0.25, 0.3) is 0 Å². The molecule has 0 fully saturated rings. The van der Waals surface area contributed by atoms with Crippen LogP contribution in [0.3, 0.4) is 0 Å². The minimum atomic E-state index is -4.46. The van der Waals surface area contributed by atoms with Gasteiger partial charge in [0.15, 0.2) is 0 Å². The Hall–Kier alpha value is -1.40. The van der Waals surface area contributed by atoms with Gasteiger partial charge in [-0.15, -0.1) is 0 Å².